The first-order valence-corrected chi connectivity index (χ1v) is 7.93. The number of hydrogen-bond acceptors (Lipinski definition) is 3. The third-order valence-electron chi connectivity index (χ3n) is 4.79. The van der Waals surface area contributed by atoms with Gasteiger partial charge < -0.3 is 9.88 Å². The Hall–Kier alpha value is -2.14. The number of rotatable bonds is 2. The molecular formula is C17H20N4O. The Labute approximate surface area is 130 Å². The van der Waals surface area contributed by atoms with E-state index in [0.29, 0.717) is 6.04 Å². The van der Waals surface area contributed by atoms with E-state index in [2.05, 4.69) is 14.9 Å². The zero-order valence-electron chi connectivity index (χ0n) is 12.5. The number of imidazole rings is 1. The SMILES string of the molecule is O=C(c1cccc(-c2cnc[nH]2)c1)N1CCN2CCC[C@@H]2C1. The lowest BCUT2D eigenvalue weighted by atomic mass is 10.1. The molecule has 0 radical (unpaired) electrons. The molecule has 0 spiro atoms. The van der Waals surface area contributed by atoms with Crippen LogP contribution in [0.3, 0.4) is 0 Å². The second-order valence-electron chi connectivity index (χ2n) is 6.13. The third-order valence-corrected chi connectivity index (χ3v) is 4.79. The highest BCUT2D eigenvalue weighted by Crippen LogP contribution is 2.23. The van der Waals surface area contributed by atoms with E-state index in [9.17, 15) is 4.79 Å². The summed E-state index contributed by atoms with van der Waals surface area (Å²) in [5.41, 5.74) is 2.71. The van der Waals surface area contributed by atoms with Gasteiger partial charge in [0.1, 0.15) is 0 Å². The Morgan fingerprint density at radius 1 is 1.27 bits per heavy atom. The molecule has 1 aromatic carbocycles. The number of amides is 1. The molecule has 2 aliphatic rings. The zero-order chi connectivity index (χ0) is 14.9. The summed E-state index contributed by atoms with van der Waals surface area (Å²) in [7, 11) is 0. The van der Waals surface area contributed by atoms with Gasteiger partial charge in [-0.2, -0.15) is 0 Å². The van der Waals surface area contributed by atoms with Crippen molar-refractivity contribution in [3.63, 3.8) is 0 Å². The van der Waals surface area contributed by atoms with Crippen LogP contribution in [0.1, 0.15) is 23.2 Å². The van der Waals surface area contributed by atoms with Gasteiger partial charge in [-0.05, 0) is 31.5 Å². The standard InChI is InChI=1S/C17H20N4O/c22-17(21-8-7-20-6-2-5-15(20)11-21)14-4-1-3-13(9-14)16-10-18-12-19-16/h1,3-4,9-10,12,15H,2,5-8,11H2,(H,18,19)/t15-/m1/s1. The largest absolute Gasteiger partial charge is 0.345 e. The quantitative estimate of drug-likeness (QED) is 0.922. The molecule has 2 saturated heterocycles. The van der Waals surface area contributed by atoms with Crippen molar-refractivity contribution in [3.05, 3.63) is 42.4 Å². The molecule has 2 aromatic rings. The number of hydrogen-bond donors (Lipinski definition) is 1. The highest BCUT2D eigenvalue weighted by atomic mass is 16.2. The lowest BCUT2D eigenvalue weighted by Gasteiger charge is -2.37. The Kier molecular flexibility index (Phi) is 3.42. The number of carbonyl (C=O) groups is 1. The highest BCUT2D eigenvalue weighted by Gasteiger charge is 2.32. The van der Waals surface area contributed by atoms with Crippen molar-refractivity contribution in [2.24, 2.45) is 0 Å². The predicted octanol–water partition coefficient (Wildman–Crippen LogP) is 2.00. The van der Waals surface area contributed by atoms with Gasteiger partial charge in [0.2, 0.25) is 0 Å². The molecule has 1 amide bonds. The highest BCUT2D eigenvalue weighted by molar-refractivity contribution is 5.95. The van der Waals surface area contributed by atoms with Crippen LogP contribution in [-0.2, 0) is 0 Å². The maximum Gasteiger partial charge on any atom is 0.253 e. The Balaban J connectivity index is 1.54. The first kappa shape index (κ1) is 13.5. The molecule has 1 atom stereocenters. The monoisotopic (exact) mass is 296 g/mol. The van der Waals surface area contributed by atoms with Crippen LogP contribution in [0.2, 0.25) is 0 Å². The average Bonchev–Trinajstić information content (AvgIpc) is 3.25. The van der Waals surface area contributed by atoms with Crippen LogP contribution in [-0.4, -0.2) is 57.9 Å². The van der Waals surface area contributed by atoms with E-state index in [-0.39, 0.29) is 5.91 Å². The molecule has 3 heterocycles. The maximum absolute atomic E-state index is 12.8. The van der Waals surface area contributed by atoms with E-state index in [0.717, 1.165) is 36.5 Å². The van der Waals surface area contributed by atoms with E-state index in [1.165, 1.54) is 19.4 Å². The smallest absolute Gasteiger partial charge is 0.253 e. The molecule has 22 heavy (non-hydrogen) atoms. The number of aromatic amines is 1. The molecule has 4 rings (SSSR count). The third kappa shape index (κ3) is 2.41. The molecule has 5 heteroatoms. The summed E-state index contributed by atoms with van der Waals surface area (Å²) in [5, 5.41) is 0. The van der Waals surface area contributed by atoms with Crippen LogP contribution in [0, 0.1) is 0 Å². The number of benzene rings is 1. The summed E-state index contributed by atoms with van der Waals surface area (Å²) < 4.78 is 0. The number of H-pyrrole nitrogens is 1. The Morgan fingerprint density at radius 2 is 2.23 bits per heavy atom. The van der Waals surface area contributed by atoms with Gasteiger partial charge in [0.15, 0.2) is 0 Å². The van der Waals surface area contributed by atoms with Crippen molar-refractivity contribution in [1.29, 1.82) is 0 Å². The maximum atomic E-state index is 12.8. The second-order valence-corrected chi connectivity index (χ2v) is 6.13. The topological polar surface area (TPSA) is 52.2 Å². The molecule has 1 aromatic heterocycles. The molecule has 0 bridgehead atoms. The van der Waals surface area contributed by atoms with E-state index < -0.39 is 0 Å². The zero-order valence-corrected chi connectivity index (χ0v) is 12.5. The van der Waals surface area contributed by atoms with Crippen molar-refractivity contribution in [2.75, 3.05) is 26.2 Å². The summed E-state index contributed by atoms with van der Waals surface area (Å²) >= 11 is 0. The van der Waals surface area contributed by atoms with Crippen molar-refractivity contribution in [2.45, 2.75) is 18.9 Å². The van der Waals surface area contributed by atoms with Gasteiger partial charge in [-0.1, -0.05) is 12.1 Å². The molecule has 0 aliphatic carbocycles. The van der Waals surface area contributed by atoms with Crippen LogP contribution in [0.15, 0.2) is 36.8 Å². The van der Waals surface area contributed by atoms with Gasteiger partial charge >= 0.3 is 0 Å². The van der Waals surface area contributed by atoms with Gasteiger partial charge in [0.25, 0.3) is 5.91 Å². The summed E-state index contributed by atoms with van der Waals surface area (Å²) in [6.45, 7) is 3.91. The van der Waals surface area contributed by atoms with E-state index in [1.807, 2.05) is 29.2 Å². The summed E-state index contributed by atoms with van der Waals surface area (Å²) in [6, 6.07) is 8.36. The van der Waals surface area contributed by atoms with Crippen LogP contribution in [0.5, 0.6) is 0 Å². The van der Waals surface area contributed by atoms with Gasteiger partial charge in [0.05, 0.1) is 18.2 Å². The number of carbonyl (C=O) groups excluding carboxylic acids is 1. The minimum absolute atomic E-state index is 0.146. The minimum Gasteiger partial charge on any atom is -0.345 e. The van der Waals surface area contributed by atoms with Crippen molar-refractivity contribution in [1.82, 2.24) is 19.8 Å². The first-order valence-electron chi connectivity index (χ1n) is 7.93. The Bertz CT molecular complexity index is 667. The van der Waals surface area contributed by atoms with Gasteiger partial charge in [-0.3, -0.25) is 9.69 Å². The summed E-state index contributed by atoms with van der Waals surface area (Å²) in [4.78, 5) is 24.5. The predicted molar refractivity (Wildman–Crippen MR) is 84.5 cm³/mol. The van der Waals surface area contributed by atoms with E-state index >= 15 is 0 Å². The molecule has 2 fully saturated rings. The minimum atomic E-state index is 0.146. The van der Waals surface area contributed by atoms with Crippen LogP contribution < -0.4 is 0 Å². The first-order chi connectivity index (χ1) is 10.8. The number of aromatic nitrogens is 2. The van der Waals surface area contributed by atoms with Crippen LogP contribution >= 0.6 is 0 Å². The van der Waals surface area contributed by atoms with E-state index in [1.54, 1.807) is 12.5 Å². The molecular weight excluding hydrogens is 276 g/mol. The van der Waals surface area contributed by atoms with Gasteiger partial charge in [-0.15, -0.1) is 0 Å². The fourth-order valence-electron chi connectivity index (χ4n) is 3.59. The lowest BCUT2D eigenvalue weighted by molar-refractivity contribution is 0.0571. The van der Waals surface area contributed by atoms with Crippen LogP contribution in [0.4, 0.5) is 0 Å². The van der Waals surface area contributed by atoms with E-state index in [4.69, 9.17) is 0 Å². The average molecular weight is 296 g/mol. The fourth-order valence-corrected chi connectivity index (χ4v) is 3.59. The van der Waals surface area contributed by atoms with Crippen LogP contribution in [0.25, 0.3) is 11.3 Å². The van der Waals surface area contributed by atoms with Gasteiger partial charge in [0, 0.05) is 36.8 Å². The number of piperazine rings is 1. The molecule has 0 saturated carbocycles. The van der Waals surface area contributed by atoms with Crippen molar-refractivity contribution < 1.29 is 4.79 Å². The molecule has 5 nitrogen and oxygen atoms in total. The second kappa shape index (κ2) is 5.57. The van der Waals surface area contributed by atoms with Crippen molar-refractivity contribution in [3.8, 4) is 11.3 Å². The van der Waals surface area contributed by atoms with Gasteiger partial charge in [-0.25, -0.2) is 4.98 Å². The Morgan fingerprint density at radius 3 is 3.09 bits per heavy atom. The number of fused-ring (bicyclic) bond motifs is 1. The van der Waals surface area contributed by atoms with Crippen molar-refractivity contribution >= 4 is 5.91 Å². The lowest BCUT2D eigenvalue weighted by Crippen LogP contribution is -2.52. The normalized spacial score (nSPS) is 21.8. The molecule has 1 N–H and O–H groups in total. The number of nitrogens with zero attached hydrogens (tertiary/aromatic N) is 3. The fraction of sp³-hybridized carbons (Fsp3) is 0.412. The number of nitrogens with one attached hydrogen (secondary N) is 1. The molecule has 114 valence electrons. The molecule has 2 aliphatic heterocycles. The summed E-state index contributed by atoms with van der Waals surface area (Å²) in [5.74, 6) is 0.146. The summed E-state index contributed by atoms with van der Waals surface area (Å²) in [6.07, 6.45) is 5.92. The molecule has 0 unspecified atom stereocenters.